The molecule has 0 aliphatic carbocycles. The Balaban J connectivity index is 3.28. The van der Waals surface area contributed by atoms with Crippen molar-refractivity contribution in [3.63, 3.8) is 0 Å². The molecule has 0 saturated heterocycles. The molecule has 0 aromatic carbocycles. The van der Waals surface area contributed by atoms with E-state index in [1.807, 2.05) is 0 Å². The second-order valence-electron chi connectivity index (χ2n) is 2.55. The Bertz CT molecular complexity index is 333. The summed E-state index contributed by atoms with van der Waals surface area (Å²) in [6.45, 7) is -0.428. The standard InChI is InChI=1S/C8H7Br2F2NO/c9-1-6-7(10)5(3-14)4(2-13-6)8(11)12/h2,8,14H,1,3H2. The second kappa shape index (κ2) is 5.14. The first-order valence-electron chi connectivity index (χ1n) is 3.73. The van der Waals surface area contributed by atoms with E-state index in [1.54, 1.807) is 0 Å². The van der Waals surface area contributed by atoms with Crippen LogP contribution in [0.2, 0.25) is 0 Å². The van der Waals surface area contributed by atoms with Gasteiger partial charge in [-0.3, -0.25) is 4.98 Å². The monoisotopic (exact) mass is 329 g/mol. The van der Waals surface area contributed by atoms with E-state index in [-0.39, 0.29) is 11.1 Å². The molecule has 0 unspecified atom stereocenters. The van der Waals surface area contributed by atoms with Crippen LogP contribution in [0, 0.1) is 0 Å². The molecule has 6 heteroatoms. The molecule has 0 spiro atoms. The average molecular weight is 331 g/mol. The predicted molar refractivity (Wildman–Crippen MR) is 55.4 cm³/mol. The lowest BCUT2D eigenvalue weighted by molar-refractivity contribution is 0.146. The third-order valence-corrected chi connectivity index (χ3v) is 3.21. The van der Waals surface area contributed by atoms with Gasteiger partial charge in [0.15, 0.2) is 0 Å². The van der Waals surface area contributed by atoms with Gasteiger partial charge in [0.2, 0.25) is 0 Å². The number of halogens is 4. The van der Waals surface area contributed by atoms with Crippen molar-refractivity contribution in [3.8, 4) is 0 Å². The van der Waals surface area contributed by atoms with Crippen LogP contribution in [0.1, 0.15) is 23.2 Å². The van der Waals surface area contributed by atoms with Crippen LogP contribution in [0.4, 0.5) is 8.78 Å². The second-order valence-corrected chi connectivity index (χ2v) is 3.90. The summed E-state index contributed by atoms with van der Waals surface area (Å²) >= 11 is 6.31. The van der Waals surface area contributed by atoms with Gasteiger partial charge in [-0.1, -0.05) is 15.9 Å². The van der Waals surface area contributed by atoms with Crippen LogP contribution >= 0.6 is 31.9 Å². The molecular formula is C8H7Br2F2NO. The minimum Gasteiger partial charge on any atom is -0.392 e. The van der Waals surface area contributed by atoms with E-state index in [9.17, 15) is 8.78 Å². The third-order valence-electron chi connectivity index (χ3n) is 1.75. The molecule has 14 heavy (non-hydrogen) atoms. The number of nitrogens with zero attached hydrogens (tertiary/aromatic N) is 1. The number of aliphatic hydroxyl groups excluding tert-OH is 1. The molecule has 0 aliphatic heterocycles. The Hall–Kier alpha value is -0.0700. The first kappa shape index (κ1) is 12.0. The molecule has 0 bridgehead atoms. The summed E-state index contributed by atoms with van der Waals surface area (Å²) in [4.78, 5) is 3.84. The van der Waals surface area contributed by atoms with E-state index >= 15 is 0 Å². The molecule has 1 aromatic heterocycles. The lowest BCUT2D eigenvalue weighted by atomic mass is 10.1. The number of hydrogen-bond acceptors (Lipinski definition) is 2. The molecular weight excluding hydrogens is 324 g/mol. The molecule has 0 atom stereocenters. The van der Waals surface area contributed by atoms with E-state index < -0.39 is 13.0 Å². The van der Waals surface area contributed by atoms with Gasteiger partial charge in [-0.25, -0.2) is 8.78 Å². The summed E-state index contributed by atoms with van der Waals surface area (Å²) in [6, 6.07) is 0. The van der Waals surface area contributed by atoms with Crippen LogP contribution in [0.3, 0.4) is 0 Å². The minimum atomic E-state index is -2.62. The van der Waals surface area contributed by atoms with Crippen LogP contribution in [0.25, 0.3) is 0 Å². The highest BCUT2D eigenvalue weighted by atomic mass is 79.9. The number of aromatic nitrogens is 1. The van der Waals surface area contributed by atoms with Crippen molar-refractivity contribution in [2.45, 2.75) is 18.4 Å². The minimum absolute atomic E-state index is 0.199. The molecule has 1 heterocycles. The summed E-state index contributed by atoms with van der Waals surface area (Å²) in [5.74, 6) is 0. The van der Waals surface area contributed by atoms with Crippen LogP contribution in [-0.2, 0) is 11.9 Å². The first-order valence-corrected chi connectivity index (χ1v) is 5.64. The Kier molecular flexibility index (Phi) is 4.40. The predicted octanol–water partition coefficient (Wildman–Crippen LogP) is 3.17. The van der Waals surface area contributed by atoms with Gasteiger partial charge in [0.1, 0.15) is 0 Å². The Labute approximate surface area is 96.6 Å². The molecule has 2 nitrogen and oxygen atoms in total. The van der Waals surface area contributed by atoms with Crippen molar-refractivity contribution < 1.29 is 13.9 Å². The molecule has 0 aliphatic rings. The number of rotatable bonds is 3. The molecule has 1 rings (SSSR count). The zero-order valence-electron chi connectivity index (χ0n) is 6.98. The summed E-state index contributed by atoms with van der Waals surface area (Å²) in [5, 5.41) is 9.41. The molecule has 0 amide bonds. The summed E-state index contributed by atoms with van der Waals surface area (Å²) < 4.78 is 25.3. The van der Waals surface area contributed by atoms with Gasteiger partial charge < -0.3 is 5.11 Å². The van der Waals surface area contributed by atoms with Crippen molar-refractivity contribution in [1.82, 2.24) is 4.98 Å². The van der Waals surface area contributed by atoms with Crippen molar-refractivity contribution in [2.24, 2.45) is 0 Å². The zero-order chi connectivity index (χ0) is 10.7. The zero-order valence-corrected chi connectivity index (χ0v) is 10.1. The molecule has 0 radical (unpaired) electrons. The van der Waals surface area contributed by atoms with Crippen molar-refractivity contribution in [2.75, 3.05) is 0 Å². The van der Waals surface area contributed by atoms with Crippen LogP contribution in [0.5, 0.6) is 0 Å². The molecule has 1 N–H and O–H groups in total. The normalized spacial score (nSPS) is 11.0. The quantitative estimate of drug-likeness (QED) is 0.863. The topological polar surface area (TPSA) is 33.1 Å². The maximum Gasteiger partial charge on any atom is 0.265 e. The highest BCUT2D eigenvalue weighted by Crippen LogP contribution is 2.30. The van der Waals surface area contributed by atoms with E-state index in [0.717, 1.165) is 6.20 Å². The largest absolute Gasteiger partial charge is 0.392 e. The van der Waals surface area contributed by atoms with Gasteiger partial charge in [0.05, 0.1) is 12.3 Å². The van der Waals surface area contributed by atoms with Crippen molar-refractivity contribution >= 4 is 31.9 Å². The van der Waals surface area contributed by atoms with Crippen molar-refractivity contribution in [3.05, 3.63) is 27.5 Å². The Morgan fingerprint density at radius 1 is 1.50 bits per heavy atom. The highest BCUT2D eigenvalue weighted by molar-refractivity contribution is 9.10. The van der Waals surface area contributed by atoms with Gasteiger partial charge in [0.25, 0.3) is 6.43 Å². The first-order chi connectivity index (χ1) is 6.61. The fraction of sp³-hybridized carbons (Fsp3) is 0.375. The summed E-state index contributed by atoms with van der Waals surface area (Å²) in [7, 11) is 0. The van der Waals surface area contributed by atoms with Gasteiger partial charge in [-0.05, 0) is 15.9 Å². The molecule has 0 saturated carbocycles. The molecule has 0 fully saturated rings. The van der Waals surface area contributed by atoms with Gasteiger partial charge in [-0.2, -0.15) is 0 Å². The van der Waals surface area contributed by atoms with E-state index in [1.165, 1.54) is 0 Å². The molecule has 78 valence electrons. The third kappa shape index (κ3) is 2.29. The fourth-order valence-electron chi connectivity index (χ4n) is 1.02. The Morgan fingerprint density at radius 3 is 2.57 bits per heavy atom. The SMILES string of the molecule is OCc1c(C(F)F)cnc(CBr)c1Br. The van der Waals surface area contributed by atoms with Crippen LogP contribution in [0.15, 0.2) is 10.7 Å². The number of hydrogen-bond donors (Lipinski definition) is 1. The van der Waals surface area contributed by atoms with Gasteiger partial charge in [0, 0.05) is 27.1 Å². The van der Waals surface area contributed by atoms with Gasteiger partial charge in [-0.15, -0.1) is 0 Å². The van der Waals surface area contributed by atoms with Crippen LogP contribution in [-0.4, -0.2) is 10.1 Å². The highest BCUT2D eigenvalue weighted by Gasteiger charge is 2.17. The maximum atomic E-state index is 12.4. The van der Waals surface area contributed by atoms with E-state index in [4.69, 9.17) is 5.11 Å². The number of pyridine rings is 1. The Morgan fingerprint density at radius 2 is 2.14 bits per heavy atom. The smallest absolute Gasteiger partial charge is 0.265 e. The molecule has 1 aromatic rings. The van der Waals surface area contributed by atoms with Crippen LogP contribution < -0.4 is 0 Å². The number of aliphatic hydroxyl groups is 1. The summed E-state index contributed by atoms with van der Waals surface area (Å²) in [5.41, 5.74) is 0.562. The summed E-state index contributed by atoms with van der Waals surface area (Å²) in [6.07, 6.45) is -1.53. The number of alkyl halides is 3. The maximum absolute atomic E-state index is 12.4. The van der Waals surface area contributed by atoms with E-state index in [0.29, 0.717) is 15.5 Å². The lowest BCUT2D eigenvalue weighted by Crippen LogP contribution is -2.01. The van der Waals surface area contributed by atoms with Crippen molar-refractivity contribution in [1.29, 1.82) is 0 Å². The van der Waals surface area contributed by atoms with E-state index in [2.05, 4.69) is 36.8 Å². The average Bonchev–Trinajstić information content (AvgIpc) is 2.17. The van der Waals surface area contributed by atoms with Gasteiger partial charge >= 0.3 is 0 Å². The lowest BCUT2D eigenvalue weighted by Gasteiger charge is -2.10. The fourth-order valence-corrected chi connectivity index (χ4v) is 2.42.